The van der Waals surface area contributed by atoms with Gasteiger partial charge in [0.15, 0.2) is 0 Å². The average Bonchev–Trinajstić information content (AvgIpc) is 3.08. The van der Waals surface area contributed by atoms with E-state index < -0.39 is 29.5 Å². The van der Waals surface area contributed by atoms with Gasteiger partial charge < -0.3 is 14.7 Å². The van der Waals surface area contributed by atoms with Crippen LogP contribution in [0.2, 0.25) is 0 Å². The summed E-state index contributed by atoms with van der Waals surface area (Å²) < 4.78 is 5.87. The normalized spacial score (nSPS) is 36.3. The van der Waals surface area contributed by atoms with Crippen LogP contribution >= 0.6 is 0 Å². The third kappa shape index (κ3) is 1.49. The number of amides is 1. The van der Waals surface area contributed by atoms with Gasteiger partial charge in [-0.2, -0.15) is 0 Å². The lowest BCUT2D eigenvalue weighted by Gasteiger charge is -2.22. The fourth-order valence-corrected chi connectivity index (χ4v) is 3.85. The number of ether oxygens (including phenoxy) is 1. The fourth-order valence-electron chi connectivity index (χ4n) is 3.85. The Hall–Kier alpha value is -2.14. The molecule has 2 bridgehead atoms. The topological polar surface area (TPSA) is 66.8 Å². The van der Waals surface area contributed by atoms with E-state index in [1.165, 1.54) is 0 Å². The molecule has 3 aliphatic rings. The molecule has 0 radical (unpaired) electrons. The van der Waals surface area contributed by atoms with Gasteiger partial charge in [-0.3, -0.25) is 9.59 Å². The molecular weight excluding hydrogens is 270 g/mol. The minimum absolute atomic E-state index is 0.149. The highest BCUT2D eigenvalue weighted by Gasteiger charge is 2.67. The second kappa shape index (κ2) is 3.95. The zero-order valence-corrected chi connectivity index (χ0v) is 11.5. The molecule has 1 aromatic carbocycles. The number of aryl methyl sites for hydroxylation is 1. The fraction of sp³-hybridized carbons (Fsp3) is 0.375. The Bertz CT molecular complexity index is 683. The molecule has 21 heavy (non-hydrogen) atoms. The summed E-state index contributed by atoms with van der Waals surface area (Å²) in [7, 11) is 0. The summed E-state index contributed by atoms with van der Waals surface area (Å²) in [4.78, 5) is 26.0. The first kappa shape index (κ1) is 12.6. The molecule has 0 aromatic heterocycles. The van der Waals surface area contributed by atoms with Crippen LogP contribution in [0.5, 0.6) is 0 Å². The highest BCUT2D eigenvalue weighted by atomic mass is 16.5. The van der Waals surface area contributed by atoms with Crippen molar-refractivity contribution >= 4 is 17.6 Å². The molecule has 5 heteroatoms. The van der Waals surface area contributed by atoms with Gasteiger partial charge in [-0.15, -0.1) is 0 Å². The van der Waals surface area contributed by atoms with E-state index in [0.29, 0.717) is 6.54 Å². The SMILES string of the molecule is Cc1ccccc1N1CC23C=C[C@@H](O2)C(C(=O)O)[C@@H]3C1=O. The van der Waals surface area contributed by atoms with E-state index in [2.05, 4.69) is 0 Å². The Morgan fingerprint density at radius 1 is 1.43 bits per heavy atom. The number of carboxylic acids is 1. The van der Waals surface area contributed by atoms with Crippen molar-refractivity contribution in [2.24, 2.45) is 11.8 Å². The molecule has 4 rings (SSSR count). The lowest BCUT2D eigenvalue weighted by molar-refractivity contribution is -0.146. The molecule has 1 amide bonds. The molecule has 2 saturated heterocycles. The molecule has 0 aliphatic carbocycles. The summed E-state index contributed by atoms with van der Waals surface area (Å²) in [5.41, 5.74) is 1.05. The quantitative estimate of drug-likeness (QED) is 0.833. The van der Waals surface area contributed by atoms with Crippen LogP contribution in [0.25, 0.3) is 0 Å². The smallest absolute Gasteiger partial charge is 0.310 e. The van der Waals surface area contributed by atoms with Gasteiger partial charge in [-0.05, 0) is 18.6 Å². The standard InChI is InChI=1S/C16H15NO4/c1-9-4-2-3-5-10(9)17-8-16-7-6-11(21-16)12(15(19)20)13(16)14(17)18/h2-7,11-13H,8H2,1H3,(H,19,20)/t11-,12?,13-,16?/m1/s1. The van der Waals surface area contributed by atoms with Crippen molar-refractivity contribution in [2.75, 3.05) is 11.4 Å². The van der Waals surface area contributed by atoms with Gasteiger partial charge in [0, 0.05) is 5.69 Å². The van der Waals surface area contributed by atoms with Gasteiger partial charge in [-0.1, -0.05) is 30.4 Å². The third-order valence-electron chi connectivity index (χ3n) is 4.79. The second-order valence-electron chi connectivity index (χ2n) is 5.95. The largest absolute Gasteiger partial charge is 0.481 e. The maximum atomic E-state index is 12.8. The summed E-state index contributed by atoms with van der Waals surface area (Å²) in [5.74, 6) is -2.51. The molecule has 4 atom stereocenters. The number of para-hydroxylation sites is 1. The number of carboxylic acid groups (broad SMARTS) is 1. The zero-order chi connectivity index (χ0) is 14.8. The number of aliphatic carboxylic acids is 1. The first-order chi connectivity index (χ1) is 10.0. The molecule has 0 saturated carbocycles. The van der Waals surface area contributed by atoms with E-state index in [9.17, 15) is 14.7 Å². The monoisotopic (exact) mass is 285 g/mol. The van der Waals surface area contributed by atoms with Gasteiger partial charge in [0.1, 0.15) is 11.5 Å². The van der Waals surface area contributed by atoms with E-state index in [1.54, 1.807) is 11.0 Å². The van der Waals surface area contributed by atoms with Crippen LogP contribution in [0.4, 0.5) is 5.69 Å². The highest BCUT2D eigenvalue weighted by Crippen LogP contribution is 2.52. The van der Waals surface area contributed by atoms with Crippen LogP contribution in [0.15, 0.2) is 36.4 Å². The van der Waals surface area contributed by atoms with Crippen molar-refractivity contribution < 1.29 is 19.4 Å². The van der Waals surface area contributed by atoms with E-state index in [-0.39, 0.29) is 5.91 Å². The molecule has 2 unspecified atom stereocenters. The van der Waals surface area contributed by atoms with Crippen LogP contribution in [0.1, 0.15) is 5.56 Å². The summed E-state index contributed by atoms with van der Waals surface area (Å²) >= 11 is 0. The Labute approximate surface area is 121 Å². The number of hydrogen-bond donors (Lipinski definition) is 1. The number of carbonyl (C=O) groups is 2. The number of anilines is 1. The van der Waals surface area contributed by atoms with E-state index in [4.69, 9.17) is 4.74 Å². The molecule has 3 heterocycles. The van der Waals surface area contributed by atoms with E-state index >= 15 is 0 Å². The van der Waals surface area contributed by atoms with E-state index in [0.717, 1.165) is 11.3 Å². The Kier molecular flexibility index (Phi) is 2.37. The second-order valence-corrected chi connectivity index (χ2v) is 5.95. The van der Waals surface area contributed by atoms with Crippen LogP contribution < -0.4 is 4.90 Å². The maximum Gasteiger partial charge on any atom is 0.310 e. The first-order valence-electron chi connectivity index (χ1n) is 7.00. The van der Waals surface area contributed by atoms with Crippen molar-refractivity contribution in [3.8, 4) is 0 Å². The van der Waals surface area contributed by atoms with Crippen molar-refractivity contribution in [2.45, 2.75) is 18.6 Å². The van der Waals surface area contributed by atoms with Crippen LogP contribution in [0, 0.1) is 18.8 Å². The predicted molar refractivity (Wildman–Crippen MR) is 74.9 cm³/mol. The first-order valence-corrected chi connectivity index (χ1v) is 7.00. The van der Waals surface area contributed by atoms with Crippen molar-refractivity contribution in [3.63, 3.8) is 0 Å². The number of fused-ring (bicyclic) bond motifs is 1. The Morgan fingerprint density at radius 2 is 2.19 bits per heavy atom. The van der Waals surface area contributed by atoms with Gasteiger partial charge >= 0.3 is 5.97 Å². The molecule has 1 aromatic rings. The lowest BCUT2D eigenvalue weighted by atomic mass is 9.77. The number of carbonyl (C=O) groups excluding carboxylic acids is 1. The van der Waals surface area contributed by atoms with Gasteiger partial charge in [0.05, 0.1) is 18.6 Å². The van der Waals surface area contributed by atoms with Crippen molar-refractivity contribution in [1.82, 2.24) is 0 Å². The van der Waals surface area contributed by atoms with Crippen LogP contribution in [-0.4, -0.2) is 35.2 Å². The minimum atomic E-state index is -0.962. The molecular formula is C16H15NO4. The molecule has 3 aliphatic heterocycles. The van der Waals surface area contributed by atoms with Crippen molar-refractivity contribution in [1.29, 1.82) is 0 Å². The molecule has 108 valence electrons. The van der Waals surface area contributed by atoms with E-state index in [1.807, 2.05) is 37.3 Å². The molecule has 5 nitrogen and oxygen atoms in total. The number of rotatable bonds is 2. The van der Waals surface area contributed by atoms with Gasteiger partial charge in [0.25, 0.3) is 0 Å². The third-order valence-corrected chi connectivity index (χ3v) is 4.79. The zero-order valence-electron chi connectivity index (χ0n) is 11.5. The van der Waals surface area contributed by atoms with Crippen molar-refractivity contribution in [3.05, 3.63) is 42.0 Å². The Balaban J connectivity index is 1.78. The molecule has 1 N–H and O–H groups in total. The number of hydrogen-bond acceptors (Lipinski definition) is 3. The Morgan fingerprint density at radius 3 is 2.90 bits per heavy atom. The summed E-state index contributed by atoms with van der Waals surface area (Å²) in [6, 6.07) is 7.62. The summed E-state index contributed by atoms with van der Waals surface area (Å²) in [5, 5.41) is 9.42. The van der Waals surface area contributed by atoms with Crippen LogP contribution in [-0.2, 0) is 14.3 Å². The number of benzene rings is 1. The average molecular weight is 285 g/mol. The summed E-state index contributed by atoms with van der Waals surface area (Å²) in [6.45, 7) is 2.33. The lowest BCUT2D eigenvalue weighted by Crippen LogP contribution is -2.39. The molecule has 1 spiro atoms. The maximum absolute atomic E-state index is 12.8. The minimum Gasteiger partial charge on any atom is -0.481 e. The van der Waals surface area contributed by atoms with Gasteiger partial charge in [0.2, 0.25) is 5.91 Å². The van der Waals surface area contributed by atoms with Gasteiger partial charge in [-0.25, -0.2) is 0 Å². The molecule has 2 fully saturated rings. The highest BCUT2D eigenvalue weighted by molar-refractivity contribution is 6.02. The predicted octanol–water partition coefficient (Wildman–Crippen LogP) is 1.37. The number of nitrogens with zero attached hydrogens (tertiary/aromatic N) is 1. The summed E-state index contributed by atoms with van der Waals surface area (Å²) in [6.07, 6.45) is 3.18. The van der Waals surface area contributed by atoms with Crippen LogP contribution in [0.3, 0.4) is 0 Å².